The number of aliphatic hydroxyl groups is 1. The molecule has 1 aromatic carbocycles. The van der Waals surface area contributed by atoms with Gasteiger partial charge in [-0.2, -0.15) is 0 Å². The first-order valence-corrected chi connectivity index (χ1v) is 18.3. The van der Waals surface area contributed by atoms with Crippen LogP contribution in [0.2, 0.25) is 0 Å². The molecule has 0 aromatic heterocycles. The van der Waals surface area contributed by atoms with E-state index in [1.54, 1.807) is 37.3 Å². The Kier molecular flexibility index (Phi) is 22.1. The molecule has 0 saturated carbocycles. The van der Waals surface area contributed by atoms with Crippen LogP contribution in [0.4, 0.5) is 0 Å². The average molecular weight is 663 g/mol. The Bertz CT molecular complexity index is 969. The molecule has 1 heterocycles. The van der Waals surface area contributed by atoms with Crippen LogP contribution >= 0.6 is 0 Å². The van der Waals surface area contributed by atoms with Crippen molar-refractivity contribution < 1.29 is 43.2 Å². The fourth-order valence-electron chi connectivity index (χ4n) is 5.88. The Morgan fingerprint density at radius 3 is 1.74 bits per heavy atom. The van der Waals surface area contributed by atoms with Gasteiger partial charge in [-0.15, -0.1) is 0 Å². The van der Waals surface area contributed by atoms with E-state index in [1.807, 2.05) is 0 Å². The van der Waals surface area contributed by atoms with Crippen LogP contribution in [0.25, 0.3) is 0 Å². The molecule has 9 heteroatoms. The van der Waals surface area contributed by atoms with E-state index in [1.165, 1.54) is 84.2 Å². The minimum absolute atomic E-state index is 0.258. The van der Waals surface area contributed by atoms with Gasteiger partial charge in [0.1, 0.15) is 6.10 Å². The van der Waals surface area contributed by atoms with Crippen LogP contribution < -0.4 is 0 Å². The lowest BCUT2D eigenvalue weighted by atomic mass is 9.99. The van der Waals surface area contributed by atoms with Crippen LogP contribution in [0.5, 0.6) is 0 Å². The van der Waals surface area contributed by atoms with Crippen LogP contribution in [-0.4, -0.2) is 67.4 Å². The third kappa shape index (κ3) is 17.5. The van der Waals surface area contributed by atoms with Crippen LogP contribution in [0.3, 0.4) is 0 Å². The smallest absolute Gasteiger partial charge is 0.338 e. The summed E-state index contributed by atoms with van der Waals surface area (Å²) in [5, 5.41) is 11.3. The predicted molar refractivity (Wildman–Crippen MR) is 182 cm³/mol. The number of carbonyl (C=O) groups excluding carboxylic acids is 3. The molecule has 0 unspecified atom stereocenters. The summed E-state index contributed by atoms with van der Waals surface area (Å²) < 4.78 is 27.9. The van der Waals surface area contributed by atoms with Gasteiger partial charge in [-0.3, -0.25) is 9.59 Å². The van der Waals surface area contributed by atoms with E-state index in [2.05, 4.69) is 11.7 Å². The van der Waals surface area contributed by atoms with Crippen molar-refractivity contribution in [3.63, 3.8) is 0 Å². The Hall–Kier alpha value is -2.49. The average Bonchev–Trinajstić information content (AvgIpc) is 3.08. The van der Waals surface area contributed by atoms with Gasteiger partial charge in [0.05, 0.1) is 18.8 Å². The maximum Gasteiger partial charge on any atom is 0.338 e. The summed E-state index contributed by atoms with van der Waals surface area (Å²) in [5.74, 6) is -1.30. The highest BCUT2D eigenvalue weighted by Crippen LogP contribution is 2.28. The van der Waals surface area contributed by atoms with Gasteiger partial charge in [0.15, 0.2) is 18.5 Å². The van der Waals surface area contributed by atoms with E-state index in [9.17, 15) is 19.5 Å². The van der Waals surface area contributed by atoms with Gasteiger partial charge < -0.3 is 28.8 Å². The maximum absolute atomic E-state index is 12.9. The highest BCUT2D eigenvalue weighted by Gasteiger charge is 2.48. The molecule has 0 aliphatic carbocycles. The lowest BCUT2D eigenvalue weighted by Gasteiger charge is -2.42. The molecule has 2 rings (SSSR count). The third-order valence-electron chi connectivity index (χ3n) is 8.79. The van der Waals surface area contributed by atoms with Crippen molar-refractivity contribution in [2.75, 3.05) is 13.7 Å². The number of rotatable bonds is 26. The highest BCUT2D eigenvalue weighted by atomic mass is 16.7. The second-order valence-corrected chi connectivity index (χ2v) is 12.8. The van der Waals surface area contributed by atoms with Gasteiger partial charge >= 0.3 is 17.9 Å². The molecule has 0 radical (unpaired) electrons. The molecular formula is C38H62O9. The van der Waals surface area contributed by atoms with Crippen molar-refractivity contribution in [3.8, 4) is 0 Å². The van der Waals surface area contributed by atoms with Crippen LogP contribution in [-0.2, 0) is 33.3 Å². The quantitative estimate of drug-likeness (QED) is 0.0594. The monoisotopic (exact) mass is 662 g/mol. The first-order valence-electron chi connectivity index (χ1n) is 18.3. The maximum atomic E-state index is 12.9. The minimum Gasteiger partial charge on any atom is -0.469 e. The minimum atomic E-state index is -1.33. The van der Waals surface area contributed by atoms with Crippen molar-refractivity contribution in [1.82, 2.24) is 0 Å². The first-order chi connectivity index (χ1) is 22.9. The summed E-state index contributed by atoms with van der Waals surface area (Å²) >= 11 is 0. The van der Waals surface area contributed by atoms with Crippen molar-refractivity contribution in [2.24, 2.45) is 0 Å². The van der Waals surface area contributed by atoms with Crippen molar-refractivity contribution in [1.29, 1.82) is 0 Å². The molecule has 0 bridgehead atoms. The molecule has 1 fully saturated rings. The Balaban J connectivity index is 1.72. The van der Waals surface area contributed by atoms with E-state index in [-0.39, 0.29) is 19.0 Å². The highest BCUT2D eigenvalue weighted by molar-refractivity contribution is 5.89. The molecule has 268 valence electrons. The Morgan fingerprint density at radius 1 is 0.681 bits per heavy atom. The normalized spacial score (nSPS) is 20.9. The van der Waals surface area contributed by atoms with E-state index in [4.69, 9.17) is 18.9 Å². The number of methoxy groups -OCH3 is 1. The molecule has 0 amide bonds. The lowest BCUT2D eigenvalue weighted by Crippen LogP contribution is -2.60. The molecular weight excluding hydrogens is 600 g/mol. The summed E-state index contributed by atoms with van der Waals surface area (Å²) in [7, 11) is 1.36. The SMILES string of the molecule is CCCCCCCCCCCCCCCCCC(=O)O[C@@H]1[C@@H](O)[C@@H](OC(=O)c2ccccc2)[C@H](OCCCCCC(=O)OC)O[C@H]1C. The molecule has 0 spiro atoms. The van der Waals surface area contributed by atoms with Crippen molar-refractivity contribution in [3.05, 3.63) is 35.9 Å². The Labute approximate surface area is 283 Å². The summed E-state index contributed by atoms with van der Waals surface area (Å²) in [4.78, 5) is 37.0. The van der Waals surface area contributed by atoms with Crippen LogP contribution in [0.1, 0.15) is 153 Å². The number of benzene rings is 1. The van der Waals surface area contributed by atoms with Crippen molar-refractivity contribution >= 4 is 17.9 Å². The summed E-state index contributed by atoms with van der Waals surface area (Å²) in [6.07, 6.45) is 16.1. The predicted octanol–water partition coefficient (Wildman–Crippen LogP) is 8.24. The van der Waals surface area contributed by atoms with E-state index < -0.39 is 42.6 Å². The number of carbonyl (C=O) groups is 3. The molecule has 47 heavy (non-hydrogen) atoms. The Morgan fingerprint density at radius 2 is 1.19 bits per heavy atom. The van der Waals surface area contributed by atoms with Gasteiger partial charge in [0, 0.05) is 19.4 Å². The van der Waals surface area contributed by atoms with E-state index >= 15 is 0 Å². The van der Waals surface area contributed by atoms with E-state index in [0.717, 1.165) is 25.7 Å². The fraction of sp³-hybridized carbons (Fsp3) is 0.763. The summed E-state index contributed by atoms with van der Waals surface area (Å²) in [5.41, 5.74) is 0.321. The second-order valence-electron chi connectivity index (χ2n) is 12.8. The first kappa shape index (κ1) is 40.7. The van der Waals surface area contributed by atoms with Crippen LogP contribution in [0, 0.1) is 0 Å². The molecule has 1 saturated heterocycles. The largest absolute Gasteiger partial charge is 0.469 e. The zero-order valence-corrected chi connectivity index (χ0v) is 29.3. The second kappa shape index (κ2) is 25.5. The molecule has 1 N–H and O–H groups in total. The molecule has 1 aliphatic rings. The van der Waals surface area contributed by atoms with Crippen LogP contribution in [0.15, 0.2) is 30.3 Å². The molecule has 9 nitrogen and oxygen atoms in total. The standard InChI is InChI=1S/C38H62O9/c1-4-5-6-7-8-9-10-11-12-13-14-15-16-17-22-28-33(40)46-35-30(2)45-38(44-29-24-19-23-27-32(39)43-3)36(34(35)41)47-37(42)31-25-20-18-21-26-31/h18,20-21,25-26,30,34-36,38,41H,4-17,19,22-24,27-29H2,1-3H3/t30-,34+,35-,36+,38+/m0/s1. The zero-order valence-electron chi connectivity index (χ0n) is 29.3. The number of hydrogen-bond acceptors (Lipinski definition) is 9. The van der Waals surface area contributed by atoms with Gasteiger partial charge in [0.2, 0.25) is 0 Å². The van der Waals surface area contributed by atoms with Gasteiger partial charge in [-0.25, -0.2) is 4.79 Å². The fourth-order valence-corrected chi connectivity index (χ4v) is 5.88. The van der Waals surface area contributed by atoms with Crippen molar-refractivity contribution in [2.45, 2.75) is 173 Å². The molecule has 5 atom stereocenters. The number of aliphatic hydroxyl groups excluding tert-OH is 1. The van der Waals surface area contributed by atoms with E-state index in [0.29, 0.717) is 24.8 Å². The zero-order chi connectivity index (χ0) is 34.1. The number of esters is 3. The molecule has 1 aliphatic heterocycles. The number of unbranched alkanes of at least 4 members (excludes halogenated alkanes) is 16. The van der Waals surface area contributed by atoms with Gasteiger partial charge in [-0.05, 0) is 38.3 Å². The molecule has 1 aromatic rings. The lowest BCUT2D eigenvalue weighted by molar-refractivity contribution is -0.295. The topological polar surface area (TPSA) is 118 Å². The number of ether oxygens (including phenoxy) is 5. The third-order valence-corrected chi connectivity index (χ3v) is 8.79. The van der Waals surface area contributed by atoms with Gasteiger partial charge in [-0.1, -0.05) is 121 Å². The summed E-state index contributed by atoms with van der Waals surface area (Å²) in [6, 6.07) is 8.46. The number of hydrogen-bond donors (Lipinski definition) is 1. The summed E-state index contributed by atoms with van der Waals surface area (Å²) in [6.45, 7) is 4.23. The van der Waals surface area contributed by atoms with Gasteiger partial charge in [0.25, 0.3) is 0 Å².